The Hall–Kier alpha value is -3.19. The molecule has 0 aliphatic carbocycles. The molecule has 2 N–H and O–H groups in total. The highest BCUT2D eigenvalue weighted by Crippen LogP contribution is 2.31. The summed E-state index contributed by atoms with van der Waals surface area (Å²) < 4.78 is 52.5. The summed E-state index contributed by atoms with van der Waals surface area (Å²) >= 11 is 6.21. The Balaban J connectivity index is 1.97. The van der Waals surface area contributed by atoms with Crippen molar-refractivity contribution in [3.63, 3.8) is 0 Å². The van der Waals surface area contributed by atoms with Gasteiger partial charge in [-0.25, -0.2) is 4.39 Å². The number of benzene rings is 3. The van der Waals surface area contributed by atoms with Crippen LogP contribution in [0.5, 0.6) is 0 Å². The average Bonchev–Trinajstić information content (AvgIpc) is 2.69. The van der Waals surface area contributed by atoms with Gasteiger partial charge in [0.2, 0.25) is 0 Å². The highest BCUT2D eigenvalue weighted by atomic mass is 35.5. The third-order valence-electron chi connectivity index (χ3n) is 4.43. The number of hydrogen-bond acceptors (Lipinski definition) is 2. The summed E-state index contributed by atoms with van der Waals surface area (Å²) in [5, 5.41) is 10.6. The lowest BCUT2D eigenvalue weighted by Gasteiger charge is -2.15. The molecule has 1 amide bonds. The third-order valence-corrected chi connectivity index (χ3v) is 4.80. The predicted molar refractivity (Wildman–Crippen MR) is 108 cm³/mol. The van der Waals surface area contributed by atoms with E-state index in [2.05, 4.69) is 5.32 Å². The van der Waals surface area contributed by atoms with Gasteiger partial charge in [-0.2, -0.15) is 13.2 Å². The zero-order valence-corrected chi connectivity index (χ0v) is 16.1. The van der Waals surface area contributed by atoms with E-state index in [1.807, 2.05) is 0 Å². The molecule has 0 spiro atoms. The van der Waals surface area contributed by atoms with Crippen LogP contribution >= 0.6 is 11.6 Å². The van der Waals surface area contributed by atoms with Gasteiger partial charge in [-0.3, -0.25) is 4.79 Å². The molecule has 3 aromatic carbocycles. The monoisotopic (exact) mass is 434 g/mol. The van der Waals surface area contributed by atoms with Crippen LogP contribution in [0.25, 0.3) is 0 Å². The quantitative estimate of drug-likeness (QED) is 0.357. The van der Waals surface area contributed by atoms with Crippen LogP contribution in [0.2, 0.25) is 5.02 Å². The van der Waals surface area contributed by atoms with Crippen molar-refractivity contribution in [2.24, 2.45) is 0 Å². The van der Waals surface area contributed by atoms with Gasteiger partial charge in [-0.1, -0.05) is 41.9 Å². The van der Waals surface area contributed by atoms with E-state index in [-0.39, 0.29) is 6.42 Å². The summed E-state index contributed by atoms with van der Waals surface area (Å²) in [5.41, 5.74) is 0.376. The topological polar surface area (TPSA) is 53.0 Å². The minimum absolute atomic E-state index is 0.276. The second kappa shape index (κ2) is 8.67. The van der Waals surface area contributed by atoms with Crippen molar-refractivity contribution in [1.29, 1.82) is 5.41 Å². The lowest BCUT2D eigenvalue weighted by molar-refractivity contribution is -0.137. The van der Waals surface area contributed by atoms with E-state index in [1.54, 1.807) is 42.5 Å². The fraction of sp³-hybridized carbons (Fsp3) is 0.0909. The highest BCUT2D eigenvalue weighted by molar-refractivity contribution is 6.31. The fourth-order valence-corrected chi connectivity index (χ4v) is 3.17. The number of alkyl halides is 3. The Morgan fingerprint density at radius 1 is 1.07 bits per heavy atom. The first kappa shape index (κ1) is 21.5. The average molecular weight is 435 g/mol. The van der Waals surface area contributed by atoms with Crippen LogP contribution in [0.1, 0.15) is 32.6 Å². The lowest BCUT2D eigenvalue weighted by Crippen LogP contribution is -2.16. The molecule has 0 radical (unpaired) electrons. The Morgan fingerprint density at radius 2 is 1.80 bits per heavy atom. The van der Waals surface area contributed by atoms with Gasteiger partial charge in [0.15, 0.2) is 0 Å². The van der Waals surface area contributed by atoms with E-state index in [4.69, 9.17) is 17.0 Å². The standard InChI is InChI=1S/C22H15ClF4N2O/c23-19-6-2-1-4-13(19)10-18-14(12-28)5-3-7-20(18)29-21(30)15-8-16(22(25,26)27)11-17(24)9-15/h1-9,11-12,28H,10H2,(H,29,30). The van der Waals surface area contributed by atoms with Crippen LogP contribution in [0.3, 0.4) is 0 Å². The molecule has 3 nitrogen and oxygen atoms in total. The van der Waals surface area contributed by atoms with Crippen LogP contribution in [0.4, 0.5) is 23.2 Å². The van der Waals surface area contributed by atoms with E-state index in [9.17, 15) is 22.4 Å². The molecule has 0 bridgehead atoms. The van der Waals surface area contributed by atoms with Crippen molar-refractivity contribution in [2.45, 2.75) is 12.6 Å². The first-order valence-electron chi connectivity index (χ1n) is 8.74. The minimum atomic E-state index is -4.79. The smallest absolute Gasteiger partial charge is 0.322 e. The Morgan fingerprint density at radius 3 is 2.47 bits per heavy atom. The van der Waals surface area contributed by atoms with Crippen molar-refractivity contribution >= 4 is 29.4 Å². The van der Waals surface area contributed by atoms with Crippen LogP contribution < -0.4 is 5.32 Å². The van der Waals surface area contributed by atoms with Crippen molar-refractivity contribution in [2.75, 3.05) is 5.32 Å². The van der Waals surface area contributed by atoms with Crippen LogP contribution in [-0.4, -0.2) is 12.1 Å². The minimum Gasteiger partial charge on any atom is -0.322 e. The summed E-state index contributed by atoms with van der Waals surface area (Å²) in [5.74, 6) is -2.07. The lowest BCUT2D eigenvalue weighted by atomic mass is 9.98. The molecule has 0 aliphatic rings. The van der Waals surface area contributed by atoms with Gasteiger partial charge in [0, 0.05) is 28.9 Å². The number of halogens is 5. The van der Waals surface area contributed by atoms with Crippen molar-refractivity contribution in [1.82, 2.24) is 0 Å². The van der Waals surface area contributed by atoms with Gasteiger partial charge in [-0.05, 0) is 47.0 Å². The summed E-state index contributed by atoms with van der Waals surface area (Å²) in [4.78, 5) is 12.6. The number of rotatable bonds is 5. The maximum Gasteiger partial charge on any atom is 0.416 e. The van der Waals surface area contributed by atoms with Crippen molar-refractivity contribution in [3.8, 4) is 0 Å². The van der Waals surface area contributed by atoms with Crippen LogP contribution in [-0.2, 0) is 12.6 Å². The first-order chi connectivity index (χ1) is 14.2. The van der Waals surface area contributed by atoms with E-state index < -0.39 is 29.0 Å². The molecule has 8 heteroatoms. The molecule has 0 aliphatic heterocycles. The molecule has 30 heavy (non-hydrogen) atoms. The second-order valence-electron chi connectivity index (χ2n) is 6.47. The largest absolute Gasteiger partial charge is 0.416 e. The Labute approximate surface area is 174 Å². The van der Waals surface area contributed by atoms with Gasteiger partial charge in [0.25, 0.3) is 5.91 Å². The summed E-state index contributed by atoms with van der Waals surface area (Å²) in [6, 6.07) is 13.5. The molecular weight excluding hydrogens is 420 g/mol. The molecule has 3 rings (SSSR count). The molecule has 0 aromatic heterocycles. The maximum atomic E-state index is 13.7. The highest BCUT2D eigenvalue weighted by Gasteiger charge is 2.32. The second-order valence-corrected chi connectivity index (χ2v) is 6.87. The summed E-state index contributed by atoms with van der Waals surface area (Å²) in [7, 11) is 0. The van der Waals surface area contributed by atoms with E-state index in [0.29, 0.717) is 34.0 Å². The zero-order valence-electron chi connectivity index (χ0n) is 15.4. The van der Waals surface area contributed by atoms with Crippen molar-refractivity contribution in [3.05, 3.63) is 99.3 Å². The maximum absolute atomic E-state index is 13.7. The number of amides is 1. The molecule has 0 fully saturated rings. The molecule has 0 heterocycles. The van der Waals surface area contributed by atoms with E-state index >= 15 is 0 Å². The zero-order chi connectivity index (χ0) is 21.9. The van der Waals surface area contributed by atoms with Crippen molar-refractivity contribution < 1.29 is 22.4 Å². The number of nitrogens with one attached hydrogen (secondary N) is 2. The number of hydrogen-bond donors (Lipinski definition) is 2. The van der Waals surface area contributed by atoms with Crippen LogP contribution in [0.15, 0.2) is 60.7 Å². The SMILES string of the molecule is N=Cc1cccc(NC(=O)c2cc(F)cc(C(F)(F)F)c2)c1Cc1ccccc1Cl. The summed E-state index contributed by atoms with van der Waals surface area (Å²) in [6.07, 6.45) is -3.41. The molecule has 0 saturated heterocycles. The van der Waals surface area contributed by atoms with Gasteiger partial charge in [0.05, 0.1) is 5.56 Å². The number of carbonyl (C=O) groups is 1. The Bertz CT molecular complexity index is 1110. The normalized spacial score (nSPS) is 11.2. The molecule has 3 aromatic rings. The number of anilines is 1. The number of carbonyl (C=O) groups excluding carboxylic acids is 1. The summed E-state index contributed by atoms with van der Waals surface area (Å²) in [6.45, 7) is 0. The van der Waals surface area contributed by atoms with Gasteiger partial charge in [0.1, 0.15) is 5.82 Å². The van der Waals surface area contributed by atoms with E-state index in [0.717, 1.165) is 17.8 Å². The molecule has 0 saturated carbocycles. The van der Waals surface area contributed by atoms with Crippen LogP contribution in [0, 0.1) is 11.2 Å². The Kier molecular flexibility index (Phi) is 6.22. The fourth-order valence-electron chi connectivity index (χ4n) is 2.97. The third kappa shape index (κ3) is 4.86. The van der Waals surface area contributed by atoms with Gasteiger partial charge in [-0.15, -0.1) is 0 Å². The van der Waals surface area contributed by atoms with Gasteiger partial charge >= 0.3 is 6.18 Å². The van der Waals surface area contributed by atoms with Gasteiger partial charge < -0.3 is 10.7 Å². The van der Waals surface area contributed by atoms with E-state index in [1.165, 1.54) is 0 Å². The molecule has 0 unspecified atom stereocenters. The first-order valence-corrected chi connectivity index (χ1v) is 9.11. The molecular formula is C22H15ClF4N2O. The molecule has 0 atom stereocenters. The molecule has 154 valence electrons. The predicted octanol–water partition coefficient (Wildman–Crippen LogP) is 6.34.